The lowest BCUT2D eigenvalue weighted by Gasteiger charge is -2.22. The second-order valence-corrected chi connectivity index (χ2v) is 8.20. The lowest BCUT2D eigenvalue weighted by molar-refractivity contribution is -0.131. The zero-order valence-corrected chi connectivity index (χ0v) is 16.2. The minimum absolute atomic E-state index is 0.0353. The lowest BCUT2D eigenvalue weighted by atomic mass is 10.2. The van der Waals surface area contributed by atoms with Crippen molar-refractivity contribution in [2.24, 2.45) is 0 Å². The van der Waals surface area contributed by atoms with Crippen molar-refractivity contribution >= 4 is 39.2 Å². The fourth-order valence-corrected chi connectivity index (χ4v) is 4.49. The average Bonchev–Trinajstić information content (AvgIpc) is 3.03. The summed E-state index contributed by atoms with van der Waals surface area (Å²) in [5.74, 6) is 0.693. The third kappa shape index (κ3) is 4.81. The van der Waals surface area contributed by atoms with Crippen LogP contribution in [0.2, 0.25) is 0 Å². The molecular weight excluding hydrogens is 366 g/mol. The van der Waals surface area contributed by atoms with Crippen molar-refractivity contribution in [3.63, 3.8) is 0 Å². The van der Waals surface area contributed by atoms with Crippen LogP contribution in [0.4, 0.5) is 0 Å². The molecule has 1 amide bonds. The minimum Gasteiger partial charge on any atom is -0.395 e. The molecule has 26 heavy (non-hydrogen) atoms. The van der Waals surface area contributed by atoms with Gasteiger partial charge in [-0.1, -0.05) is 30.3 Å². The molecule has 0 aliphatic heterocycles. The molecule has 0 radical (unpaired) electrons. The van der Waals surface area contributed by atoms with Crippen LogP contribution >= 0.6 is 23.1 Å². The van der Waals surface area contributed by atoms with Gasteiger partial charge in [-0.15, -0.1) is 23.1 Å². The van der Waals surface area contributed by atoms with E-state index in [9.17, 15) is 9.90 Å². The molecule has 0 atom stereocenters. The van der Waals surface area contributed by atoms with Gasteiger partial charge in [0.1, 0.15) is 16.2 Å². The molecule has 1 N–H and O–H groups in total. The fourth-order valence-electron chi connectivity index (χ4n) is 2.68. The molecule has 7 heteroatoms. The first kappa shape index (κ1) is 18.8. The largest absolute Gasteiger partial charge is 0.395 e. The predicted molar refractivity (Wildman–Crippen MR) is 106 cm³/mol. The van der Waals surface area contributed by atoms with Crippen LogP contribution in [0.5, 0.6) is 0 Å². The van der Waals surface area contributed by atoms with E-state index in [0.29, 0.717) is 25.3 Å². The summed E-state index contributed by atoms with van der Waals surface area (Å²) in [5, 5.41) is 11.3. The fraction of sp³-hybridized carbons (Fsp3) is 0.316. The van der Waals surface area contributed by atoms with Crippen LogP contribution in [0.25, 0.3) is 10.2 Å². The van der Waals surface area contributed by atoms with Gasteiger partial charge < -0.3 is 10.0 Å². The Morgan fingerprint density at radius 2 is 2.08 bits per heavy atom. The van der Waals surface area contributed by atoms with Crippen molar-refractivity contribution in [1.29, 1.82) is 0 Å². The van der Waals surface area contributed by atoms with E-state index < -0.39 is 0 Å². The summed E-state index contributed by atoms with van der Waals surface area (Å²) >= 11 is 3.23. The normalized spacial score (nSPS) is 11.0. The third-order valence-electron chi connectivity index (χ3n) is 3.91. The van der Waals surface area contributed by atoms with Crippen LogP contribution in [0.15, 0.2) is 47.8 Å². The van der Waals surface area contributed by atoms with E-state index in [1.807, 2.05) is 30.3 Å². The van der Waals surface area contributed by atoms with E-state index in [1.54, 1.807) is 34.3 Å². The number of aliphatic hydroxyl groups is 1. The standard InChI is InChI=1S/C19H21N3O2S2/c1-14-11-16-18(20-13-21-19(16)26-14)25-10-7-17(24)22(8-9-23)12-15-5-3-2-4-6-15/h2-6,11,13,23H,7-10,12H2,1H3. The summed E-state index contributed by atoms with van der Waals surface area (Å²) < 4.78 is 0. The van der Waals surface area contributed by atoms with Gasteiger partial charge in [-0.25, -0.2) is 9.97 Å². The van der Waals surface area contributed by atoms with Gasteiger partial charge in [0.05, 0.1) is 6.61 Å². The third-order valence-corrected chi connectivity index (χ3v) is 5.88. The number of carbonyl (C=O) groups excluding carboxylic acids is 1. The molecule has 0 aliphatic rings. The van der Waals surface area contributed by atoms with Crippen LogP contribution in [0, 0.1) is 6.92 Å². The van der Waals surface area contributed by atoms with Crippen LogP contribution in [-0.4, -0.2) is 44.8 Å². The van der Waals surface area contributed by atoms with Gasteiger partial charge in [-0.2, -0.15) is 0 Å². The van der Waals surface area contributed by atoms with Crippen molar-refractivity contribution in [3.8, 4) is 0 Å². The Bertz CT molecular complexity index is 868. The topological polar surface area (TPSA) is 66.3 Å². The summed E-state index contributed by atoms with van der Waals surface area (Å²) in [7, 11) is 0. The number of thioether (sulfide) groups is 1. The number of fused-ring (bicyclic) bond motifs is 1. The summed E-state index contributed by atoms with van der Waals surface area (Å²) in [6.07, 6.45) is 1.99. The average molecular weight is 388 g/mol. The Balaban J connectivity index is 1.59. The zero-order chi connectivity index (χ0) is 18.4. The van der Waals surface area contributed by atoms with Gasteiger partial charge in [-0.3, -0.25) is 4.79 Å². The van der Waals surface area contributed by atoms with Crippen molar-refractivity contribution < 1.29 is 9.90 Å². The number of aliphatic hydroxyl groups excluding tert-OH is 1. The molecule has 5 nitrogen and oxygen atoms in total. The van der Waals surface area contributed by atoms with Gasteiger partial charge in [0.2, 0.25) is 5.91 Å². The quantitative estimate of drug-likeness (QED) is 0.473. The van der Waals surface area contributed by atoms with Crippen LogP contribution < -0.4 is 0 Å². The minimum atomic E-state index is -0.0353. The number of aromatic nitrogens is 2. The highest BCUT2D eigenvalue weighted by Gasteiger charge is 2.14. The molecule has 136 valence electrons. The number of hydrogen-bond donors (Lipinski definition) is 1. The molecule has 3 aromatic rings. The van der Waals surface area contributed by atoms with Crippen LogP contribution in [0.3, 0.4) is 0 Å². The number of hydrogen-bond acceptors (Lipinski definition) is 6. The Hall–Kier alpha value is -1.96. The first-order chi connectivity index (χ1) is 12.7. The molecule has 0 spiro atoms. The molecular formula is C19H21N3O2S2. The van der Waals surface area contributed by atoms with Crippen molar-refractivity contribution in [3.05, 3.63) is 53.2 Å². The maximum absolute atomic E-state index is 12.6. The Kier molecular flexibility index (Phi) is 6.60. The predicted octanol–water partition coefficient (Wildman–Crippen LogP) is 3.50. The first-order valence-electron chi connectivity index (χ1n) is 8.44. The molecule has 1 aromatic carbocycles. The second-order valence-electron chi connectivity index (χ2n) is 5.88. The number of carbonyl (C=O) groups is 1. The highest BCUT2D eigenvalue weighted by atomic mass is 32.2. The molecule has 2 aromatic heterocycles. The maximum Gasteiger partial charge on any atom is 0.223 e. The van der Waals surface area contributed by atoms with Gasteiger partial charge in [0.15, 0.2) is 0 Å². The Morgan fingerprint density at radius 3 is 2.85 bits per heavy atom. The van der Waals surface area contributed by atoms with Gasteiger partial charge in [0, 0.05) is 35.5 Å². The van der Waals surface area contributed by atoms with E-state index in [0.717, 1.165) is 20.8 Å². The molecule has 0 saturated heterocycles. The van der Waals surface area contributed by atoms with Crippen LogP contribution in [-0.2, 0) is 11.3 Å². The number of nitrogens with zero attached hydrogens (tertiary/aromatic N) is 3. The SMILES string of the molecule is Cc1cc2c(SCCC(=O)N(CCO)Cc3ccccc3)ncnc2s1. The monoisotopic (exact) mass is 387 g/mol. The number of thiophene rings is 1. The van der Waals surface area contributed by atoms with E-state index in [-0.39, 0.29) is 12.5 Å². The van der Waals surface area contributed by atoms with E-state index in [4.69, 9.17) is 0 Å². The van der Waals surface area contributed by atoms with Crippen molar-refractivity contribution in [2.45, 2.75) is 24.9 Å². The molecule has 0 aliphatic carbocycles. The van der Waals surface area contributed by atoms with E-state index in [2.05, 4.69) is 23.0 Å². The highest BCUT2D eigenvalue weighted by molar-refractivity contribution is 7.99. The Morgan fingerprint density at radius 1 is 1.27 bits per heavy atom. The summed E-state index contributed by atoms with van der Waals surface area (Å²) in [6, 6.07) is 11.9. The second kappa shape index (κ2) is 9.12. The maximum atomic E-state index is 12.6. The number of rotatable bonds is 8. The highest BCUT2D eigenvalue weighted by Crippen LogP contribution is 2.30. The van der Waals surface area contributed by atoms with Gasteiger partial charge in [0.25, 0.3) is 0 Å². The first-order valence-corrected chi connectivity index (χ1v) is 10.2. The van der Waals surface area contributed by atoms with Gasteiger partial charge in [-0.05, 0) is 18.6 Å². The van der Waals surface area contributed by atoms with Crippen LogP contribution in [0.1, 0.15) is 16.9 Å². The smallest absolute Gasteiger partial charge is 0.223 e. The van der Waals surface area contributed by atoms with Gasteiger partial charge >= 0.3 is 0 Å². The molecule has 0 bridgehead atoms. The van der Waals surface area contributed by atoms with Crippen molar-refractivity contribution in [2.75, 3.05) is 18.9 Å². The number of aryl methyl sites for hydroxylation is 1. The summed E-state index contributed by atoms with van der Waals surface area (Å²) in [4.78, 5) is 25.1. The van der Waals surface area contributed by atoms with Crippen molar-refractivity contribution in [1.82, 2.24) is 14.9 Å². The number of benzene rings is 1. The molecule has 0 fully saturated rings. The molecule has 0 saturated carbocycles. The zero-order valence-electron chi connectivity index (χ0n) is 14.6. The Labute approximate surface area is 161 Å². The molecule has 0 unspecified atom stereocenters. The number of amides is 1. The summed E-state index contributed by atoms with van der Waals surface area (Å²) in [6.45, 7) is 2.89. The summed E-state index contributed by atoms with van der Waals surface area (Å²) in [5.41, 5.74) is 1.06. The molecule has 2 heterocycles. The molecule has 3 rings (SSSR count). The lowest BCUT2D eigenvalue weighted by Crippen LogP contribution is -2.33. The van der Waals surface area contributed by atoms with E-state index in [1.165, 1.54) is 4.88 Å². The van der Waals surface area contributed by atoms with E-state index >= 15 is 0 Å².